The summed E-state index contributed by atoms with van der Waals surface area (Å²) < 4.78 is 17.9. The monoisotopic (exact) mass is 238 g/mol. The molecule has 0 amide bonds. The van der Waals surface area contributed by atoms with Gasteiger partial charge in [0.2, 0.25) is 5.76 Å². The standard InChI is InChI=1S/C11H7FO3S/c12-7-2-1-3-8(6-7)16-10-5-4-9(15-10)11(13)14/h1-6H,(H,13,14). The van der Waals surface area contributed by atoms with E-state index in [1.165, 1.54) is 30.0 Å². The van der Waals surface area contributed by atoms with Gasteiger partial charge in [0, 0.05) is 4.90 Å². The van der Waals surface area contributed by atoms with Gasteiger partial charge in [0.1, 0.15) is 5.82 Å². The van der Waals surface area contributed by atoms with Crippen molar-refractivity contribution in [3.8, 4) is 0 Å². The highest BCUT2D eigenvalue weighted by Crippen LogP contribution is 2.29. The number of halogens is 1. The Hall–Kier alpha value is -1.75. The molecule has 1 aromatic carbocycles. The minimum Gasteiger partial charge on any atom is -0.475 e. The number of rotatable bonds is 3. The molecule has 82 valence electrons. The van der Waals surface area contributed by atoms with Crippen LogP contribution in [0.15, 0.2) is 50.8 Å². The largest absolute Gasteiger partial charge is 0.475 e. The lowest BCUT2D eigenvalue weighted by molar-refractivity contribution is 0.0656. The molecule has 0 fully saturated rings. The third kappa shape index (κ3) is 2.43. The molecule has 0 aliphatic carbocycles. The van der Waals surface area contributed by atoms with Gasteiger partial charge in [-0.1, -0.05) is 17.8 Å². The maximum absolute atomic E-state index is 12.9. The molecule has 3 nitrogen and oxygen atoms in total. The van der Waals surface area contributed by atoms with Gasteiger partial charge in [0.25, 0.3) is 0 Å². The molecule has 2 aromatic rings. The fourth-order valence-corrected chi connectivity index (χ4v) is 1.95. The van der Waals surface area contributed by atoms with Gasteiger partial charge >= 0.3 is 5.97 Å². The Morgan fingerprint density at radius 1 is 1.31 bits per heavy atom. The second-order valence-electron chi connectivity index (χ2n) is 2.98. The minimum atomic E-state index is -1.12. The van der Waals surface area contributed by atoms with Crippen molar-refractivity contribution >= 4 is 17.7 Å². The van der Waals surface area contributed by atoms with Crippen LogP contribution in [0.2, 0.25) is 0 Å². The van der Waals surface area contributed by atoms with Gasteiger partial charge in [-0.2, -0.15) is 0 Å². The highest BCUT2D eigenvalue weighted by atomic mass is 32.2. The van der Waals surface area contributed by atoms with Crippen LogP contribution in [0.4, 0.5) is 4.39 Å². The van der Waals surface area contributed by atoms with E-state index >= 15 is 0 Å². The Balaban J connectivity index is 2.17. The van der Waals surface area contributed by atoms with Crippen molar-refractivity contribution in [2.24, 2.45) is 0 Å². The maximum Gasteiger partial charge on any atom is 0.371 e. The van der Waals surface area contributed by atoms with Crippen LogP contribution in [0, 0.1) is 5.82 Å². The smallest absolute Gasteiger partial charge is 0.371 e. The molecule has 2 rings (SSSR count). The molecule has 16 heavy (non-hydrogen) atoms. The SMILES string of the molecule is O=C(O)c1ccc(Sc2cccc(F)c2)o1. The van der Waals surface area contributed by atoms with E-state index in [2.05, 4.69) is 0 Å². The molecule has 1 aromatic heterocycles. The summed E-state index contributed by atoms with van der Waals surface area (Å²) in [5.41, 5.74) is 0. The van der Waals surface area contributed by atoms with Gasteiger partial charge in [-0.3, -0.25) is 0 Å². The predicted molar refractivity (Wildman–Crippen MR) is 56.2 cm³/mol. The van der Waals surface area contributed by atoms with Crippen molar-refractivity contribution in [3.05, 3.63) is 48.0 Å². The van der Waals surface area contributed by atoms with Crippen molar-refractivity contribution in [1.29, 1.82) is 0 Å². The number of furan rings is 1. The number of hydrogen-bond donors (Lipinski definition) is 1. The zero-order valence-electron chi connectivity index (χ0n) is 8.01. The van der Waals surface area contributed by atoms with E-state index in [0.29, 0.717) is 9.99 Å². The average molecular weight is 238 g/mol. The third-order valence-corrected chi connectivity index (χ3v) is 2.72. The first-order valence-electron chi connectivity index (χ1n) is 4.42. The summed E-state index contributed by atoms with van der Waals surface area (Å²) in [6.45, 7) is 0. The van der Waals surface area contributed by atoms with E-state index < -0.39 is 5.97 Å². The molecular weight excluding hydrogens is 231 g/mol. The van der Waals surface area contributed by atoms with Gasteiger partial charge in [-0.15, -0.1) is 0 Å². The summed E-state index contributed by atoms with van der Waals surface area (Å²) in [7, 11) is 0. The van der Waals surface area contributed by atoms with E-state index in [-0.39, 0.29) is 11.6 Å². The average Bonchev–Trinajstić information content (AvgIpc) is 2.66. The van der Waals surface area contributed by atoms with E-state index in [9.17, 15) is 9.18 Å². The van der Waals surface area contributed by atoms with Gasteiger partial charge in [-0.05, 0) is 30.3 Å². The van der Waals surface area contributed by atoms with Crippen LogP contribution in [0.5, 0.6) is 0 Å². The molecular formula is C11H7FO3S. The molecule has 0 radical (unpaired) electrons. The second kappa shape index (κ2) is 4.40. The number of benzene rings is 1. The lowest BCUT2D eigenvalue weighted by Crippen LogP contribution is -1.91. The molecule has 0 saturated carbocycles. The maximum atomic E-state index is 12.9. The van der Waals surface area contributed by atoms with Crippen molar-refractivity contribution < 1.29 is 18.7 Å². The Labute approximate surface area is 94.9 Å². The normalized spacial score (nSPS) is 10.3. The molecule has 0 spiro atoms. The van der Waals surface area contributed by atoms with Crippen LogP contribution in [0.1, 0.15) is 10.6 Å². The van der Waals surface area contributed by atoms with Crippen LogP contribution >= 0.6 is 11.8 Å². The van der Waals surface area contributed by atoms with Crippen molar-refractivity contribution in [2.45, 2.75) is 9.99 Å². The minimum absolute atomic E-state index is 0.126. The van der Waals surface area contributed by atoms with Crippen LogP contribution in [0.3, 0.4) is 0 Å². The molecule has 1 N–H and O–H groups in total. The lowest BCUT2D eigenvalue weighted by atomic mass is 10.4. The number of carboxylic acids is 1. The van der Waals surface area contributed by atoms with Crippen LogP contribution in [-0.2, 0) is 0 Å². The lowest BCUT2D eigenvalue weighted by Gasteiger charge is -1.97. The van der Waals surface area contributed by atoms with Gasteiger partial charge in [0.05, 0.1) is 0 Å². The second-order valence-corrected chi connectivity index (χ2v) is 4.06. The van der Waals surface area contributed by atoms with Crippen molar-refractivity contribution in [1.82, 2.24) is 0 Å². The molecule has 0 aliphatic rings. The number of aromatic carboxylic acids is 1. The number of carbonyl (C=O) groups is 1. The molecule has 0 atom stereocenters. The van der Waals surface area contributed by atoms with Crippen LogP contribution in [-0.4, -0.2) is 11.1 Å². The first-order valence-corrected chi connectivity index (χ1v) is 5.23. The summed E-state index contributed by atoms with van der Waals surface area (Å²) in [5.74, 6) is -1.58. The number of hydrogen-bond acceptors (Lipinski definition) is 3. The highest BCUT2D eigenvalue weighted by molar-refractivity contribution is 7.99. The van der Waals surface area contributed by atoms with Crippen LogP contribution < -0.4 is 0 Å². The first kappa shape index (κ1) is 10.8. The Morgan fingerprint density at radius 2 is 2.12 bits per heavy atom. The van der Waals surface area contributed by atoms with Crippen molar-refractivity contribution in [3.63, 3.8) is 0 Å². The van der Waals surface area contributed by atoms with Gasteiger partial charge in [-0.25, -0.2) is 9.18 Å². The highest BCUT2D eigenvalue weighted by Gasteiger charge is 2.09. The fourth-order valence-electron chi connectivity index (χ4n) is 1.14. The Bertz CT molecular complexity index is 521. The summed E-state index contributed by atoms with van der Waals surface area (Å²) in [6, 6.07) is 8.90. The summed E-state index contributed by atoms with van der Waals surface area (Å²) in [6.07, 6.45) is 0. The van der Waals surface area contributed by atoms with E-state index in [0.717, 1.165) is 0 Å². The van der Waals surface area contributed by atoms with Gasteiger partial charge < -0.3 is 9.52 Å². The quantitative estimate of drug-likeness (QED) is 0.891. The first-order chi connectivity index (χ1) is 7.65. The summed E-state index contributed by atoms with van der Waals surface area (Å²) >= 11 is 1.17. The van der Waals surface area contributed by atoms with E-state index in [4.69, 9.17) is 9.52 Å². The topological polar surface area (TPSA) is 50.4 Å². The predicted octanol–water partition coefficient (Wildman–Crippen LogP) is 3.27. The fraction of sp³-hybridized carbons (Fsp3) is 0. The van der Waals surface area contributed by atoms with Crippen LogP contribution in [0.25, 0.3) is 0 Å². The Kier molecular flexibility index (Phi) is 2.96. The molecule has 0 bridgehead atoms. The van der Waals surface area contributed by atoms with E-state index in [1.807, 2.05) is 0 Å². The third-order valence-electron chi connectivity index (χ3n) is 1.81. The molecule has 0 saturated heterocycles. The molecule has 1 heterocycles. The summed E-state index contributed by atoms with van der Waals surface area (Å²) in [5, 5.41) is 9.06. The summed E-state index contributed by atoms with van der Waals surface area (Å²) in [4.78, 5) is 11.2. The Morgan fingerprint density at radius 3 is 2.75 bits per heavy atom. The van der Waals surface area contributed by atoms with Crippen molar-refractivity contribution in [2.75, 3.05) is 0 Å². The zero-order chi connectivity index (χ0) is 11.5. The van der Waals surface area contributed by atoms with E-state index in [1.54, 1.807) is 18.2 Å². The molecule has 0 aliphatic heterocycles. The molecule has 0 unspecified atom stereocenters. The van der Waals surface area contributed by atoms with Gasteiger partial charge in [0.15, 0.2) is 5.09 Å². The zero-order valence-corrected chi connectivity index (χ0v) is 8.83. The number of carboxylic acid groups (broad SMARTS) is 1. The molecule has 5 heteroatoms.